The molecule has 2 bridgehead atoms. The molecule has 3 aliphatic heterocycles. The van der Waals surface area contributed by atoms with Gasteiger partial charge in [0.25, 0.3) is 0 Å². The Balaban J connectivity index is 1.17. The molecule has 4 aliphatic rings. The van der Waals surface area contributed by atoms with Gasteiger partial charge in [0.1, 0.15) is 0 Å². The highest BCUT2D eigenvalue weighted by Gasteiger charge is 2.48. The van der Waals surface area contributed by atoms with Gasteiger partial charge in [0.2, 0.25) is 5.91 Å². The lowest BCUT2D eigenvalue weighted by Crippen LogP contribution is -2.61. The first-order chi connectivity index (χ1) is 22.4. The van der Waals surface area contributed by atoms with Crippen LogP contribution in [0.5, 0.6) is 0 Å². The summed E-state index contributed by atoms with van der Waals surface area (Å²) in [5, 5.41) is 4.59. The third-order valence-electron chi connectivity index (χ3n) is 11.3. The van der Waals surface area contributed by atoms with E-state index in [1.54, 1.807) is 0 Å². The SMILES string of the molecule is CCN(CC)C(=O)N(C1CCCCC1)C1CC2CCC(C1)N2C(=O)[C@H](Cc1ccc(Cl)cc1)NC1CCN(c2ccccc2)CC1. The van der Waals surface area contributed by atoms with E-state index in [9.17, 15) is 9.59 Å². The van der Waals surface area contributed by atoms with Crippen LogP contribution in [-0.2, 0) is 11.2 Å². The lowest BCUT2D eigenvalue weighted by atomic mass is 9.89. The number of nitrogens with one attached hydrogen (secondary N) is 1. The van der Waals surface area contributed by atoms with E-state index in [0.717, 1.165) is 88.1 Å². The second-order valence-corrected chi connectivity index (χ2v) is 14.5. The molecular formula is C38H54ClN5O2. The van der Waals surface area contributed by atoms with Crippen LogP contribution < -0.4 is 10.2 Å². The van der Waals surface area contributed by atoms with Crippen molar-refractivity contribution in [2.45, 2.75) is 127 Å². The number of carbonyl (C=O) groups excluding carboxylic acids is 2. The van der Waals surface area contributed by atoms with Crippen LogP contribution in [0.4, 0.5) is 10.5 Å². The fourth-order valence-corrected chi connectivity index (χ4v) is 8.97. The van der Waals surface area contributed by atoms with Gasteiger partial charge in [-0.25, -0.2) is 4.79 Å². The number of rotatable bonds is 10. The molecule has 1 saturated carbocycles. The van der Waals surface area contributed by atoms with Crippen LogP contribution in [0.1, 0.15) is 90.0 Å². The molecule has 46 heavy (non-hydrogen) atoms. The summed E-state index contributed by atoms with van der Waals surface area (Å²) in [6.07, 6.45) is 12.5. The van der Waals surface area contributed by atoms with Crippen molar-refractivity contribution >= 4 is 29.2 Å². The first-order valence-corrected chi connectivity index (χ1v) is 18.5. The summed E-state index contributed by atoms with van der Waals surface area (Å²) in [7, 11) is 0. The summed E-state index contributed by atoms with van der Waals surface area (Å²) >= 11 is 6.23. The van der Waals surface area contributed by atoms with Crippen molar-refractivity contribution in [2.24, 2.45) is 0 Å². The smallest absolute Gasteiger partial charge is 0.320 e. The first-order valence-electron chi connectivity index (χ1n) is 18.1. The molecule has 1 N–H and O–H groups in total. The molecule has 6 rings (SSSR count). The van der Waals surface area contributed by atoms with Gasteiger partial charge in [0.05, 0.1) is 6.04 Å². The second kappa shape index (κ2) is 15.4. The van der Waals surface area contributed by atoms with Crippen molar-refractivity contribution in [1.82, 2.24) is 20.0 Å². The average molecular weight is 648 g/mol. The van der Waals surface area contributed by atoms with Gasteiger partial charge in [-0.3, -0.25) is 4.79 Å². The normalized spacial score (nSPS) is 24.5. The molecule has 2 unspecified atom stereocenters. The van der Waals surface area contributed by atoms with Gasteiger partial charge in [0.15, 0.2) is 0 Å². The second-order valence-electron chi connectivity index (χ2n) is 14.1. The van der Waals surface area contributed by atoms with E-state index in [-0.39, 0.29) is 36.1 Å². The van der Waals surface area contributed by atoms with E-state index in [1.165, 1.54) is 24.9 Å². The molecule has 0 aromatic heterocycles. The molecule has 3 saturated heterocycles. The highest BCUT2D eigenvalue weighted by atomic mass is 35.5. The number of piperidine rings is 2. The van der Waals surface area contributed by atoms with Crippen LogP contribution in [0.15, 0.2) is 54.6 Å². The van der Waals surface area contributed by atoms with Crippen molar-refractivity contribution < 1.29 is 9.59 Å². The summed E-state index contributed by atoms with van der Waals surface area (Å²) in [6.45, 7) is 7.63. The molecule has 250 valence electrons. The maximum Gasteiger partial charge on any atom is 0.320 e. The predicted molar refractivity (Wildman–Crippen MR) is 187 cm³/mol. The Labute approximate surface area is 281 Å². The lowest BCUT2D eigenvalue weighted by molar-refractivity contribution is -0.139. The molecular weight excluding hydrogens is 594 g/mol. The minimum absolute atomic E-state index is 0.196. The minimum atomic E-state index is -0.277. The summed E-state index contributed by atoms with van der Waals surface area (Å²) in [6, 6.07) is 19.8. The van der Waals surface area contributed by atoms with Crippen LogP contribution in [-0.4, -0.2) is 89.1 Å². The van der Waals surface area contributed by atoms with Crippen LogP contribution in [0.25, 0.3) is 0 Å². The molecule has 3 atom stereocenters. The lowest BCUT2D eigenvalue weighted by Gasteiger charge is -2.48. The highest BCUT2D eigenvalue weighted by Crippen LogP contribution is 2.40. The Morgan fingerprint density at radius 3 is 2.07 bits per heavy atom. The van der Waals surface area contributed by atoms with Crippen molar-refractivity contribution in [1.29, 1.82) is 0 Å². The van der Waals surface area contributed by atoms with E-state index < -0.39 is 0 Å². The third-order valence-corrected chi connectivity index (χ3v) is 11.5. The molecule has 7 nitrogen and oxygen atoms in total. The van der Waals surface area contributed by atoms with Crippen molar-refractivity contribution in [2.75, 3.05) is 31.1 Å². The monoisotopic (exact) mass is 647 g/mol. The fraction of sp³-hybridized carbons (Fsp3) is 0.632. The Bertz CT molecular complexity index is 1260. The quantitative estimate of drug-likeness (QED) is 0.298. The number of hydrogen-bond acceptors (Lipinski definition) is 4. The van der Waals surface area contributed by atoms with Gasteiger partial charge in [-0.2, -0.15) is 0 Å². The van der Waals surface area contributed by atoms with Crippen molar-refractivity contribution in [3.05, 3.63) is 65.2 Å². The largest absolute Gasteiger partial charge is 0.371 e. The van der Waals surface area contributed by atoms with E-state index in [4.69, 9.17) is 11.6 Å². The van der Waals surface area contributed by atoms with E-state index in [1.807, 2.05) is 17.0 Å². The number of urea groups is 1. The molecule has 2 aromatic carbocycles. The van der Waals surface area contributed by atoms with Crippen LogP contribution in [0.2, 0.25) is 5.02 Å². The zero-order valence-corrected chi connectivity index (χ0v) is 28.7. The molecule has 1 aliphatic carbocycles. The number of amides is 3. The van der Waals surface area contributed by atoms with E-state index in [0.29, 0.717) is 18.5 Å². The Hall–Kier alpha value is -2.77. The summed E-state index contributed by atoms with van der Waals surface area (Å²) in [4.78, 5) is 37.6. The van der Waals surface area contributed by atoms with Gasteiger partial charge in [-0.15, -0.1) is 0 Å². The van der Waals surface area contributed by atoms with Gasteiger partial charge in [0, 0.05) is 67.1 Å². The van der Waals surface area contributed by atoms with Crippen molar-refractivity contribution in [3.63, 3.8) is 0 Å². The standard InChI is InChI=1S/C38H54ClN5O2/c1-3-41(4-2)38(46)44(32-13-9-6-10-14-32)35-26-33-19-20-34(27-35)43(33)37(45)36(25-28-15-17-29(39)18-16-28)40-30-21-23-42(24-22-30)31-11-7-5-8-12-31/h5,7-8,11-12,15-18,30,32-36,40H,3-4,6,9-10,13-14,19-27H2,1-2H3/t33?,34?,35?,36-/m0/s1. The molecule has 2 aromatic rings. The maximum atomic E-state index is 14.6. The zero-order chi connectivity index (χ0) is 32.0. The molecule has 0 spiro atoms. The predicted octanol–water partition coefficient (Wildman–Crippen LogP) is 7.13. The van der Waals surface area contributed by atoms with Crippen LogP contribution in [0, 0.1) is 0 Å². The summed E-state index contributed by atoms with van der Waals surface area (Å²) in [5.41, 5.74) is 2.41. The average Bonchev–Trinajstić information content (AvgIpc) is 3.36. The molecule has 8 heteroatoms. The number of benzene rings is 2. The molecule has 4 fully saturated rings. The first kappa shape index (κ1) is 33.1. The van der Waals surface area contributed by atoms with Crippen LogP contribution in [0.3, 0.4) is 0 Å². The summed E-state index contributed by atoms with van der Waals surface area (Å²) in [5.74, 6) is 0.241. The van der Waals surface area contributed by atoms with Gasteiger partial charge >= 0.3 is 6.03 Å². The topological polar surface area (TPSA) is 59.1 Å². The van der Waals surface area contributed by atoms with Gasteiger partial charge in [-0.1, -0.05) is 61.2 Å². The van der Waals surface area contributed by atoms with Gasteiger partial charge in [-0.05, 0) is 101 Å². The van der Waals surface area contributed by atoms with Gasteiger partial charge < -0.3 is 24.9 Å². The number of nitrogens with zero attached hydrogens (tertiary/aromatic N) is 4. The molecule has 3 heterocycles. The zero-order valence-electron chi connectivity index (χ0n) is 28.0. The number of hydrogen-bond donors (Lipinski definition) is 1. The number of fused-ring (bicyclic) bond motifs is 2. The Morgan fingerprint density at radius 1 is 0.826 bits per heavy atom. The molecule has 3 amide bonds. The minimum Gasteiger partial charge on any atom is -0.371 e. The maximum absolute atomic E-state index is 14.6. The molecule has 0 radical (unpaired) electrons. The van der Waals surface area contributed by atoms with Crippen molar-refractivity contribution in [3.8, 4) is 0 Å². The highest BCUT2D eigenvalue weighted by molar-refractivity contribution is 6.30. The number of halogens is 1. The Kier molecular flexibility index (Phi) is 11.1. The number of para-hydroxylation sites is 1. The Morgan fingerprint density at radius 2 is 1.46 bits per heavy atom. The number of anilines is 1. The fourth-order valence-electron chi connectivity index (χ4n) is 8.84. The van der Waals surface area contributed by atoms with Crippen LogP contribution >= 0.6 is 11.6 Å². The number of carbonyl (C=O) groups is 2. The van der Waals surface area contributed by atoms with E-state index in [2.05, 4.69) is 76.3 Å². The third kappa shape index (κ3) is 7.52. The summed E-state index contributed by atoms with van der Waals surface area (Å²) < 4.78 is 0. The van der Waals surface area contributed by atoms with E-state index >= 15 is 0 Å².